The molecular weight excluding hydrogens is 502 g/mol. The standard InChI is InChI=1S/C29H25N3O7/c1-36-21-9-6-8-20(16-21)31-27(33)28(34)32-30-17-23-22-10-5-4-7-18(22)11-13-24(23)39-29(35)19-12-14-25(37-2)26(15-19)38-3/h4-17H,1-3H3,(H,31,33)(H,32,34). The maximum atomic E-state index is 13.0. The van der Waals surface area contributed by atoms with Gasteiger partial charge >= 0.3 is 17.8 Å². The summed E-state index contributed by atoms with van der Waals surface area (Å²) in [5.41, 5.74) is 3.25. The zero-order chi connectivity index (χ0) is 27.8. The van der Waals surface area contributed by atoms with Crippen LogP contribution in [-0.2, 0) is 9.59 Å². The first-order chi connectivity index (χ1) is 18.9. The fraction of sp³-hybridized carbons (Fsp3) is 0.103. The van der Waals surface area contributed by atoms with Crippen molar-refractivity contribution >= 4 is 40.5 Å². The zero-order valence-electron chi connectivity index (χ0n) is 21.4. The van der Waals surface area contributed by atoms with Gasteiger partial charge in [-0.15, -0.1) is 0 Å². The van der Waals surface area contributed by atoms with Gasteiger partial charge in [-0.2, -0.15) is 5.10 Å². The molecule has 0 spiro atoms. The lowest BCUT2D eigenvalue weighted by Gasteiger charge is -2.12. The number of hydrazone groups is 1. The zero-order valence-corrected chi connectivity index (χ0v) is 21.4. The number of rotatable bonds is 8. The molecule has 0 heterocycles. The van der Waals surface area contributed by atoms with Crippen LogP contribution in [0.25, 0.3) is 10.8 Å². The first-order valence-corrected chi connectivity index (χ1v) is 11.7. The number of nitrogens with zero attached hydrogens (tertiary/aromatic N) is 1. The third-order valence-electron chi connectivity index (χ3n) is 5.65. The molecule has 0 saturated carbocycles. The number of amides is 2. The van der Waals surface area contributed by atoms with Crippen molar-refractivity contribution < 1.29 is 33.3 Å². The smallest absolute Gasteiger partial charge is 0.343 e. The lowest BCUT2D eigenvalue weighted by molar-refractivity contribution is -0.136. The summed E-state index contributed by atoms with van der Waals surface area (Å²) in [5.74, 6) is -0.968. The number of carbonyl (C=O) groups is 3. The minimum Gasteiger partial charge on any atom is -0.497 e. The number of fused-ring (bicyclic) bond motifs is 1. The maximum absolute atomic E-state index is 13.0. The van der Waals surface area contributed by atoms with Crippen molar-refractivity contribution in [3.05, 3.63) is 90.0 Å². The van der Waals surface area contributed by atoms with Crippen LogP contribution in [-0.4, -0.2) is 45.3 Å². The van der Waals surface area contributed by atoms with Crippen LogP contribution in [0.4, 0.5) is 5.69 Å². The number of benzene rings is 4. The van der Waals surface area contributed by atoms with Crippen LogP contribution in [0.1, 0.15) is 15.9 Å². The normalized spacial score (nSPS) is 10.6. The predicted octanol–water partition coefficient (Wildman–Crippen LogP) is 4.17. The van der Waals surface area contributed by atoms with Crippen LogP contribution in [0.3, 0.4) is 0 Å². The Morgan fingerprint density at radius 2 is 1.51 bits per heavy atom. The molecule has 0 saturated heterocycles. The van der Waals surface area contributed by atoms with E-state index < -0.39 is 17.8 Å². The number of carbonyl (C=O) groups excluding carboxylic acids is 3. The predicted molar refractivity (Wildman–Crippen MR) is 146 cm³/mol. The molecule has 0 aliphatic carbocycles. The second-order valence-electron chi connectivity index (χ2n) is 8.04. The highest BCUT2D eigenvalue weighted by atomic mass is 16.5. The van der Waals surface area contributed by atoms with Crippen LogP contribution >= 0.6 is 0 Å². The monoisotopic (exact) mass is 527 g/mol. The summed E-state index contributed by atoms with van der Waals surface area (Å²) in [5, 5.41) is 7.99. The van der Waals surface area contributed by atoms with Gasteiger partial charge in [0.1, 0.15) is 11.5 Å². The van der Waals surface area contributed by atoms with Gasteiger partial charge in [0, 0.05) is 17.3 Å². The molecule has 0 aliphatic heterocycles. The summed E-state index contributed by atoms with van der Waals surface area (Å²) >= 11 is 0. The number of esters is 1. The summed E-state index contributed by atoms with van der Waals surface area (Å²) in [6, 6.07) is 22.0. The number of methoxy groups -OCH3 is 3. The van der Waals surface area contributed by atoms with E-state index >= 15 is 0 Å². The van der Waals surface area contributed by atoms with Gasteiger partial charge in [-0.1, -0.05) is 36.4 Å². The van der Waals surface area contributed by atoms with E-state index in [1.54, 1.807) is 48.5 Å². The van der Waals surface area contributed by atoms with Crippen LogP contribution < -0.4 is 29.7 Å². The average Bonchev–Trinajstić information content (AvgIpc) is 2.97. The van der Waals surface area contributed by atoms with E-state index in [-0.39, 0.29) is 11.3 Å². The second kappa shape index (κ2) is 12.2. The molecule has 0 unspecified atom stereocenters. The lowest BCUT2D eigenvalue weighted by atomic mass is 10.0. The Labute approximate surface area is 224 Å². The van der Waals surface area contributed by atoms with Crippen molar-refractivity contribution in [1.29, 1.82) is 0 Å². The summed E-state index contributed by atoms with van der Waals surface area (Å²) < 4.78 is 21.3. The van der Waals surface area contributed by atoms with Gasteiger partial charge in [-0.25, -0.2) is 10.2 Å². The highest BCUT2D eigenvalue weighted by Crippen LogP contribution is 2.30. The molecule has 4 rings (SSSR count). The van der Waals surface area contributed by atoms with E-state index in [1.165, 1.54) is 33.6 Å². The molecule has 39 heavy (non-hydrogen) atoms. The fourth-order valence-corrected chi connectivity index (χ4v) is 3.71. The van der Waals surface area contributed by atoms with Crippen molar-refractivity contribution in [2.75, 3.05) is 26.6 Å². The molecule has 10 nitrogen and oxygen atoms in total. The van der Waals surface area contributed by atoms with Crippen molar-refractivity contribution in [2.45, 2.75) is 0 Å². The van der Waals surface area contributed by atoms with Gasteiger partial charge < -0.3 is 24.3 Å². The fourth-order valence-electron chi connectivity index (χ4n) is 3.71. The molecule has 0 atom stereocenters. The summed E-state index contributed by atoms with van der Waals surface area (Å²) in [4.78, 5) is 37.6. The summed E-state index contributed by atoms with van der Waals surface area (Å²) in [6.07, 6.45) is 1.32. The molecule has 0 aromatic heterocycles. The Kier molecular flexibility index (Phi) is 8.37. The van der Waals surface area contributed by atoms with Gasteiger partial charge in [0.2, 0.25) is 0 Å². The van der Waals surface area contributed by atoms with Crippen LogP contribution in [0, 0.1) is 0 Å². The Bertz CT molecular complexity index is 1570. The third kappa shape index (κ3) is 6.31. The molecule has 4 aromatic carbocycles. The minimum absolute atomic E-state index is 0.201. The number of hydrogen-bond donors (Lipinski definition) is 2. The largest absolute Gasteiger partial charge is 0.497 e. The van der Waals surface area contributed by atoms with E-state index in [0.717, 1.165) is 5.39 Å². The van der Waals surface area contributed by atoms with E-state index in [2.05, 4.69) is 15.8 Å². The molecule has 2 amide bonds. The van der Waals surface area contributed by atoms with Gasteiger partial charge in [-0.3, -0.25) is 9.59 Å². The average molecular weight is 528 g/mol. The Morgan fingerprint density at radius 3 is 2.28 bits per heavy atom. The van der Waals surface area contributed by atoms with E-state index in [4.69, 9.17) is 18.9 Å². The molecule has 0 aliphatic rings. The summed E-state index contributed by atoms with van der Waals surface area (Å²) in [7, 11) is 4.46. The highest BCUT2D eigenvalue weighted by molar-refractivity contribution is 6.39. The molecule has 2 N–H and O–H groups in total. The minimum atomic E-state index is -0.988. The van der Waals surface area contributed by atoms with E-state index in [1.807, 2.05) is 24.3 Å². The molecule has 198 valence electrons. The van der Waals surface area contributed by atoms with Crippen molar-refractivity contribution in [1.82, 2.24) is 5.43 Å². The molecule has 10 heteroatoms. The topological polar surface area (TPSA) is 125 Å². The number of anilines is 1. The SMILES string of the molecule is COc1cccc(NC(=O)C(=O)NN=Cc2c(OC(=O)c3ccc(OC)c(OC)c3)ccc3ccccc23)c1. The molecule has 4 aromatic rings. The lowest BCUT2D eigenvalue weighted by Crippen LogP contribution is -2.32. The molecule has 0 fully saturated rings. The Morgan fingerprint density at radius 1 is 0.744 bits per heavy atom. The van der Waals surface area contributed by atoms with Gasteiger partial charge in [-0.05, 0) is 47.2 Å². The first-order valence-electron chi connectivity index (χ1n) is 11.7. The van der Waals surface area contributed by atoms with Crippen LogP contribution in [0.2, 0.25) is 0 Å². The van der Waals surface area contributed by atoms with Crippen molar-refractivity contribution in [3.8, 4) is 23.0 Å². The van der Waals surface area contributed by atoms with Crippen molar-refractivity contribution in [2.24, 2.45) is 5.10 Å². The summed E-state index contributed by atoms with van der Waals surface area (Å²) in [6.45, 7) is 0. The van der Waals surface area contributed by atoms with Crippen LogP contribution in [0.5, 0.6) is 23.0 Å². The van der Waals surface area contributed by atoms with Gasteiger partial charge in [0.05, 0.1) is 33.1 Å². The van der Waals surface area contributed by atoms with Crippen molar-refractivity contribution in [3.63, 3.8) is 0 Å². The van der Waals surface area contributed by atoms with Gasteiger partial charge in [0.25, 0.3) is 0 Å². The maximum Gasteiger partial charge on any atom is 0.343 e. The van der Waals surface area contributed by atoms with Gasteiger partial charge in [0.15, 0.2) is 11.5 Å². The molecule has 0 radical (unpaired) electrons. The number of hydrogen-bond acceptors (Lipinski definition) is 8. The van der Waals surface area contributed by atoms with E-state index in [0.29, 0.717) is 33.9 Å². The first kappa shape index (κ1) is 26.7. The molecule has 0 bridgehead atoms. The van der Waals surface area contributed by atoms with E-state index in [9.17, 15) is 14.4 Å². The highest BCUT2D eigenvalue weighted by Gasteiger charge is 2.17. The quantitative estimate of drug-likeness (QED) is 0.116. The number of nitrogens with one attached hydrogen (secondary N) is 2. The number of ether oxygens (including phenoxy) is 4. The molecular formula is C29H25N3O7. The Hall–Kier alpha value is -5.38. The second-order valence-corrected chi connectivity index (χ2v) is 8.04. The van der Waals surface area contributed by atoms with Crippen LogP contribution in [0.15, 0.2) is 84.0 Å². The Balaban J connectivity index is 1.54. The third-order valence-corrected chi connectivity index (χ3v) is 5.65.